The molecule has 1 amide bonds. The van der Waals surface area contributed by atoms with E-state index >= 15 is 0 Å². The first-order chi connectivity index (χ1) is 11.5. The van der Waals surface area contributed by atoms with Crippen LogP contribution in [0.4, 0.5) is 11.6 Å². The number of carbonyl (C=O) groups excluding carboxylic acids is 1. The van der Waals surface area contributed by atoms with Gasteiger partial charge in [0, 0.05) is 18.9 Å². The number of hydrogen-bond acceptors (Lipinski definition) is 6. The SMILES string of the molecule is CNC(=O)c1cnc(-c2ccnc(Nc3cc(C)cc(C)c3)n2)s1. The summed E-state index contributed by atoms with van der Waals surface area (Å²) in [6.45, 7) is 4.09. The molecule has 1 aromatic carbocycles. The molecule has 122 valence electrons. The summed E-state index contributed by atoms with van der Waals surface area (Å²) in [6, 6.07) is 7.96. The van der Waals surface area contributed by atoms with Crippen LogP contribution < -0.4 is 10.6 Å². The Morgan fingerprint density at radius 3 is 2.58 bits per heavy atom. The normalized spacial score (nSPS) is 10.5. The van der Waals surface area contributed by atoms with E-state index in [1.807, 2.05) is 26.0 Å². The number of carbonyl (C=O) groups is 1. The smallest absolute Gasteiger partial charge is 0.262 e. The third-order valence-electron chi connectivity index (χ3n) is 3.31. The highest BCUT2D eigenvalue weighted by Crippen LogP contribution is 2.25. The van der Waals surface area contributed by atoms with Crippen molar-refractivity contribution in [2.75, 3.05) is 12.4 Å². The molecule has 0 atom stereocenters. The Labute approximate surface area is 144 Å². The van der Waals surface area contributed by atoms with Crippen LogP contribution in [-0.4, -0.2) is 27.9 Å². The minimum atomic E-state index is -0.151. The fourth-order valence-electron chi connectivity index (χ4n) is 2.33. The molecule has 0 saturated carbocycles. The van der Waals surface area contributed by atoms with Crippen molar-refractivity contribution >= 4 is 28.9 Å². The summed E-state index contributed by atoms with van der Waals surface area (Å²) >= 11 is 1.30. The van der Waals surface area contributed by atoms with Crippen LogP contribution >= 0.6 is 11.3 Å². The van der Waals surface area contributed by atoms with Crippen LogP contribution in [0.25, 0.3) is 10.7 Å². The number of anilines is 2. The summed E-state index contributed by atoms with van der Waals surface area (Å²) in [6.07, 6.45) is 3.23. The molecular weight excluding hydrogens is 322 g/mol. The van der Waals surface area contributed by atoms with Gasteiger partial charge in [-0.15, -0.1) is 11.3 Å². The first-order valence-corrected chi connectivity index (χ1v) is 8.23. The summed E-state index contributed by atoms with van der Waals surface area (Å²) in [5, 5.41) is 6.48. The molecule has 3 rings (SSSR count). The highest BCUT2D eigenvalue weighted by Gasteiger charge is 2.12. The van der Waals surface area contributed by atoms with Crippen LogP contribution in [0.1, 0.15) is 20.8 Å². The quantitative estimate of drug-likeness (QED) is 0.762. The molecule has 6 nitrogen and oxygen atoms in total. The minimum absolute atomic E-state index is 0.151. The third-order valence-corrected chi connectivity index (χ3v) is 4.33. The predicted molar refractivity (Wildman–Crippen MR) is 95.7 cm³/mol. The number of benzene rings is 1. The van der Waals surface area contributed by atoms with Gasteiger partial charge in [0.1, 0.15) is 15.6 Å². The zero-order valence-corrected chi connectivity index (χ0v) is 14.4. The van der Waals surface area contributed by atoms with Crippen LogP contribution in [0.2, 0.25) is 0 Å². The lowest BCUT2D eigenvalue weighted by Crippen LogP contribution is -2.16. The molecule has 0 aliphatic rings. The van der Waals surface area contributed by atoms with Gasteiger partial charge in [0.15, 0.2) is 0 Å². The fourth-order valence-corrected chi connectivity index (χ4v) is 3.17. The standard InChI is InChI=1S/C17H17N5OS/c1-10-6-11(2)8-12(7-10)21-17-19-5-4-13(22-17)16-20-9-14(24-16)15(23)18-3/h4-9H,1-3H3,(H,18,23)(H,19,21,22). The number of nitrogens with one attached hydrogen (secondary N) is 2. The predicted octanol–water partition coefficient (Wildman–Crippen LogP) is 3.32. The van der Waals surface area contributed by atoms with E-state index in [0.29, 0.717) is 21.5 Å². The van der Waals surface area contributed by atoms with Crippen molar-refractivity contribution in [1.29, 1.82) is 0 Å². The van der Waals surface area contributed by atoms with Gasteiger partial charge in [0.2, 0.25) is 5.95 Å². The van der Waals surface area contributed by atoms with Crippen LogP contribution in [0.5, 0.6) is 0 Å². The molecule has 2 aromatic heterocycles. The second kappa shape index (κ2) is 6.76. The van der Waals surface area contributed by atoms with Crippen molar-refractivity contribution in [3.8, 4) is 10.7 Å². The molecule has 0 aliphatic carbocycles. The first-order valence-electron chi connectivity index (χ1n) is 7.42. The molecule has 3 aromatic rings. The zero-order valence-electron chi connectivity index (χ0n) is 13.6. The summed E-state index contributed by atoms with van der Waals surface area (Å²) in [5.74, 6) is 0.343. The Morgan fingerprint density at radius 1 is 1.12 bits per heavy atom. The third kappa shape index (κ3) is 3.57. The molecule has 0 aliphatic heterocycles. The monoisotopic (exact) mass is 339 g/mol. The Kier molecular flexibility index (Phi) is 4.52. The first kappa shape index (κ1) is 16.1. The number of hydrogen-bond donors (Lipinski definition) is 2. The summed E-state index contributed by atoms with van der Waals surface area (Å²) in [7, 11) is 1.60. The topological polar surface area (TPSA) is 79.8 Å². The Bertz CT molecular complexity index is 870. The Morgan fingerprint density at radius 2 is 1.88 bits per heavy atom. The molecule has 0 spiro atoms. The average Bonchev–Trinajstić information content (AvgIpc) is 3.03. The van der Waals surface area contributed by atoms with E-state index in [0.717, 1.165) is 5.69 Å². The molecule has 0 radical (unpaired) electrons. The van der Waals surface area contributed by atoms with Crippen molar-refractivity contribution in [1.82, 2.24) is 20.3 Å². The zero-order chi connectivity index (χ0) is 17.1. The van der Waals surface area contributed by atoms with Gasteiger partial charge in [-0.3, -0.25) is 4.79 Å². The van der Waals surface area contributed by atoms with E-state index in [1.54, 1.807) is 25.5 Å². The highest BCUT2D eigenvalue weighted by atomic mass is 32.1. The largest absolute Gasteiger partial charge is 0.354 e. The second-order valence-electron chi connectivity index (χ2n) is 5.38. The number of aromatic nitrogens is 3. The van der Waals surface area contributed by atoms with Gasteiger partial charge in [0.25, 0.3) is 5.91 Å². The van der Waals surface area contributed by atoms with Gasteiger partial charge in [-0.1, -0.05) is 6.07 Å². The molecule has 0 bridgehead atoms. The molecule has 2 N–H and O–H groups in total. The van der Waals surface area contributed by atoms with E-state index in [1.165, 1.54) is 22.5 Å². The van der Waals surface area contributed by atoms with E-state index in [4.69, 9.17) is 0 Å². The van der Waals surface area contributed by atoms with Crippen LogP contribution in [0.3, 0.4) is 0 Å². The molecule has 24 heavy (non-hydrogen) atoms. The van der Waals surface area contributed by atoms with Gasteiger partial charge in [-0.2, -0.15) is 0 Å². The highest BCUT2D eigenvalue weighted by molar-refractivity contribution is 7.16. The maximum atomic E-state index is 11.6. The van der Waals surface area contributed by atoms with Gasteiger partial charge in [-0.25, -0.2) is 15.0 Å². The van der Waals surface area contributed by atoms with Crippen molar-refractivity contribution in [2.45, 2.75) is 13.8 Å². The fraction of sp³-hybridized carbons (Fsp3) is 0.176. The van der Waals surface area contributed by atoms with Crippen LogP contribution in [0, 0.1) is 13.8 Å². The summed E-state index contributed by atoms with van der Waals surface area (Å²) < 4.78 is 0. The number of nitrogens with zero attached hydrogens (tertiary/aromatic N) is 3. The van der Waals surface area contributed by atoms with E-state index in [2.05, 4.69) is 31.7 Å². The molecular formula is C17H17N5OS. The van der Waals surface area contributed by atoms with E-state index in [-0.39, 0.29) is 5.91 Å². The van der Waals surface area contributed by atoms with Crippen molar-refractivity contribution in [3.05, 3.63) is 52.7 Å². The second-order valence-corrected chi connectivity index (χ2v) is 6.41. The van der Waals surface area contributed by atoms with Crippen molar-refractivity contribution < 1.29 is 4.79 Å². The number of rotatable bonds is 4. The molecule has 7 heteroatoms. The number of amides is 1. The lowest BCUT2D eigenvalue weighted by molar-refractivity contribution is 0.0967. The van der Waals surface area contributed by atoms with Crippen LogP contribution in [-0.2, 0) is 0 Å². The molecule has 0 unspecified atom stereocenters. The Hall–Kier alpha value is -2.80. The van der Waals surface area contributed by atoms with Gasteiger partial charge in [0.05, 0.1) is 6.20 Å². The maximum absolute atomic E-state index is 11.6. The lowest BCUT2D eigenvalue weighted by Gasteiger charge is -2.07. The summed E-state index contributed by atoms with van der Waals surface area (Å²) in [5.41, 5.74) is 3.96. The van der Waals surface area contributed by atoms with E-state index in [9.17, 15) is 4.79 Å². The summed E-state index contributed by atoms with van der Waals surface area (Å²) in [4.78, 5) is 25.2. The van der Waals surface area contributed by atoms with Crippen molar-refractivity contribution in [3.63, 3.8) is 0 Å². The number of aryl methyl sites for hydroxylation is 2. The molecule has 0 fully saturated rings. The average molecular weight is 339 g/mol. The number of thiazole rings is 1. The Balaban J connectivity index is 1.86. The van der Waals surface area contributed by atoms with Gasteiger partial charge in [-0.05, 0) is 43.2 Å². The lowest BCUT2D eigenvalue weighted by atomic mass is 10.1. The van der Waals surface area contributed by atoms with Crippen LogP contribution in [0.15, 0.2) is 36.7 Å². The van der Waals surface area contributed by atoms with Gasteiger partial charge < -0.3 is 10.6 Å². The minimum Gasteiger partial charge on any atom is -0.354 e. The van der Waals surface area contributed by atoms with E-state index < -0.39 is 0 Å². The molecule has 2 heterocycles. The van der Waals surface area contributed by atoms with Gasteiger partial charge >= 0.3 is 0 Å². The molecule has 0 saturated heterocycles. The van der Waals surface area contributed by atoms with Crippen molar-refractivity contribution in [2.24, 2.45) is 0 Å². The maximum Gasteiger partial charge on any atom is 0.262 e.